The molecule has 1 aliphatic carbocycles. The van der Waals surface area contributed by atoms with Crippen LogP contribution in [0.15, 0.2) is 84.9 Å². The Morgan fingerprint density at radius 3 is 2.05 bits per heavy atom. The van der Waals surface area contributed by atoms with Crippen molar-refractivity contribution in [1.82, 2.24) is 15.5 Å². The van der Waals surface area contributed by atoms with Crippen LogP contribution in [0.1, 0.15) is 55.5 Å². The fourth-order valence-corrected chi connectivity index (χ4v) is 5.87. The Bertz CT molecular complexity index is 1350. The SMILES string of the molecule is CC(C)(C)OC(=O)N[C@@H](Cc1ccccc1)[C@H](O)CNC[C@@H](O)[C@H](Cc1ccccc1)N(C(=O)O)C1CCc2ccccc21. The Balaban J connectivity index is 1.47. The van der Waals surface area contributed by atoms with Crippen molar-refractivity contribution in [3.8, 4) is 0 Å². The highest BCUT2D eigenvalue weighted by atomic mass is 16.6. The second kappa shape index (κ2) is 15.2. The zero-order valence-corrected chi connectivity index (χ0v) is 25.7. The average Bonchev–Trinajstić information content (AvgIpc) is 3.40. The van der Waals surface area contributed by atoms with Crippen molar-refractivity contribution in [2.45, 2.75) is 82.4 Å². The largest absolute Gasteiger partial charge is 0.465 e. The van der Waals surface area contributed by atoms with Crippen LogP contribution in [0, 0.1) is 0 Å². The molecule has 0 radical (unpaired) electrons. The molecule has 3 aromatic carbocycles. The van der Waals surface area contributed by atoms with E-state index >= 15 is 0 Å². The van der Waals surface area contributed by atoms with Crippen molar-refractivity contribution in [2.75, 3.05) is 13.1 Å². The summed E-state index contributed by atoms with van der Waals surface area (Å²) in [7, 11) is 0. The Kier molecular flexibility index (Phi) is 11.4. The number of aliphatic hydroxyl groups is 2. The van der Waals surface area contributed by atoms with Crippen LogP contribution in [-0.2, 0) is 24.0 Å². The van der Waals surface area contributed by atoms with Crippen molar-refractivity contribution in [3.63, 3.8) is 0 Å². The molecule has 5 N–H and O–H groups in total. The Morgan fingerprint density at radius 1 is 0.864 bits per heavy atom. The second-order valence-corrected chi connectivity index (χ2v) is 12.4. The molecule has 0 bridgehead atoms. The Labute approximate surface area is 259 Å². The molecule has 9 heteroatoms. The molecule has 5 atom stereocenters. The summed E-state index contributed by atoms with van der Waals surface area (Å²) >= 11 is 0. The molecule has 0 aliphatic heterocycles. The molecule has 3 aromatic rings. The number of nitrogens with one attached hydrogen (secondary N) is 2. The zero-order valence-electron chi connectivity index (χ0n) is 25.7. The first kappa shape index (κ1) is 33.0. The summed E-state index contributed by atoms with van der Waals surface area (Å²) in [5.41, 5.74) is 3.25. The third kappa shape index (κ3) is 9.29. The number of benzene rings is 3. The topological polar surface area (TPSA) is 131 Å². The third-order valence-corrected chi connectivity index (χ3v) is 7.92. The van der Waals surface area contributed by atoms with E-state index in [1.807, 2.05) is 84.9 Å². The minimum Gasteiger partial charge on any atom is -0.465 e. The second-order valence-electron chi connectivity index (χ2n) is 12.4. The van der Waals surface area contributed by atoms with Gasteiger partial charge in [0.05, 0.1) is 30.3 Å². The number of carbonyl (C=O) groups excluding carboxylic acids is 1. The number of fused-ring (bicyclic) bond motifs is 1. The van der Waals surface area contributed by atoms with Crippen LogP contribution in [0.5, 0.6) is 0 Å². The van der Waals surface area contributed by atoms with E-state index in [4.69, 9.17) is 4.74 Å². The molecular formula is C35H45N3O6. The lowest BCUT2D eigenvalue weighted by atomic mass is 9.96. The molecule has 0 heterocycles. The molecule has 1 aliphatic rings. The van der Waals surface area contributed by atoms with Gasteiger partial charge in [0.2, 0.25) is 0 Å². The van der Waals surface area contributed by atoms with E-state index in [0.717, 1.165) is 28.7 Å². The average molecular weight is 604 g/mol. The number of ether oxygens (including phenoxy) is 1. The van der Waals surface area contributed by atoms with Gasteiger partial charge in [0.15, 0.2) is 0 Å². The summed E-state index contributed by atoms with van der Waals surface area (Å²) in [5, 5.41) is 39.1. The van der Waals surface area contributed by atoms with Crippen LogP contribution in [0.3, 0.4) is 0 Å². The predicted octanol–water partition coefficient (Wildman–Crippen LogP) is 4.71. The standard InChI is InChI=1S/C35H45N3O6/c1-35(2,3)44-33(41)37-28(20-24-12-6-4-7-13-24)31(39)22-36-23-32(40)30(21-25-14-8-5-9-15-25)38(34(42)43)29-19-18-26-16-10-11-17-27(26)29/h4-17,28-32,36,39-40H,18-23H2,1-3H3,(H,37,41)(H,42,43)/t28-,29?,30-,31+,32+/m0/s1. The molecule has 0 saturated heterocycles. The minimum absolute atomic E-state index is 0.0389. The maximum atomic E-state index is 12.8. The van der Waals surface area contributed by atoms with E-state index in [-0.39, 0.29) is 19.1 Å². The molecule has 44 heavy (non-hydrogen) atoms. The maximum Gasteiger partial charge on any atom is 0.408 e. The van der Waals surface area contributed by atoms with Crippen LogP contribution in [0.4, 0.5) is 9.59 Å². The van der Waals surface area contributed by atoms with Crippen molar-refractivity contribution in [2.24, 2.45) is 0 Å². The first-order valence-electron chi connectivity index (χ1n) is 15.2. The van der Waals surface area contributed by atoms with Crippen molar-refractivity contribution < 1.29 is 29.6 Å². The Hall–Kier alpha value is -3.92. The first-order chi connectivity index (χ1) is 21.0. The summed E-state index contributed by atoms with van der Waals surface area (Å²) in [4.78, 5) is 26.8. The highest BCUT2D eigenvalue weighted by Gasteiger charge is 2.39. The van der Waals surface area contributed by atoms with E-state index in [2.05, 4.69) is 10.6 Å². The van der Waals surface area contributed by atoms with Gasteiger partial charge in [-0.1, -0.05) is 84.9 Å². The molecule has 2 amide bonds. The predicted molar refractivity (Wildman–Crippen MR) is 169 cm³/mol. The van der Waals surface area contributed by atoms with E-state index in [9.17, 15) is 24.9 Å². The molecule has 0 saturated carbocycles. The number of hydrogen-bond donors (Lipinski definition) is 5. The van der Waals surface area contributed by atoms with Crippen molar-refractivity contribution in [1.29, 1.82) is 0 Å². The van der Waals surface area contributed by atoms with E-state index in [0.29, 0.717) is 19.3 Å². The molecule has 0 spiro atoms. The number of aryl methyl sites for hydroxylation is 1. The molecule has 4 rings (SSSR count). The number of aliphatic hydroxyl groups excluding tert-OH is 2. The number of alkyl carbamates (subject to hydrolysis) is 1. The monoisotopic (exact) mass is 603 g/mol. The smallest absolute Gasteiger partial charge is 0.408 e. The van der Waals surface area contributed by atoms with Gasteiger partial charge < -0.3 is 30.7 Å². The van der Waals surface area contributed by atoms with Gasteiger partial charge in [0.1, 0.15) is 5.60 Å². The van der Waals surface area contributed by atoms with Gasteiger partial charge in [0, 0.05) is 13.1 Å². The van der Waals surface area contributed by atoms with Gasteiger partial charge in [-0.25, -0.2) is 9.59 Å². The van der Waals surface area contributed by atoms with Gasteiger partial charge in [-0.05, 0) is 68.7 Å². The van der Waals surface area contributed by atoms with Crippen LogP contribution in [0.25, 0.3) is 0 Å². The van der Waals surface area contributed by atoms with Gasteiger partial charge in [-0.15, -0.1) is 0 Å². The first-order valence-corrected chi connectivity index (χ1v) is 15.2. The molecule has 9 nitrogen and oxygen atoms in total. The number of amides is 2. The van der Waals surface area contributed by atoms with Crippen molar-refractivity contribution >= 4 is 12.2 Å². The van der Waals surface area contributed by atoms with Crippen LogP contribution < -0.4 is 10.6 Å². The lowest BCUT2D eigenvalue weighted by Gasteiger charge is -2.38. The van der Waals surface area contributed by atoms with Crippen molar-refractivity contribution in [3.05, 3.63) is 107 Å². The number of carboxylic acid groups (broad SMARTS) is 1. The highest BCUT2D eigenvalue weighted by Crippen LogP contribution is 2.38. The number of rotatable bonds is 13. The fourth-order valence-electron chi connectivity index (χ4n) is 5.87. The van der Waals surface area contributed by atoms with Crippen LogP contribution in [-0.4, -0.2) is 75.4 Å². The van der Waals surface area contributed by atoms with Gasteiger partial charge in [-0.2, -0.15) is 0 Å². The molecule has 0 aromatic heterocycles. The summed E-state index contributed by atoms with van der Waals surface area (Å²) in [6.07, 6.45) is -1.68. The molecule has 236 valence electrons. The fraction of sp³-hybridized carbons (Fsp3) is 0.429. The van der Waals surface area contributed by atoms with Gasteiger partial charge >= 0.3 is 12.2 Å². The lowest BCUT2D eigenvalue weighted by molar-refractivity contribution is 0.0242. The molecule has 0 fully saturated rings. The van der Waals surface area contributed by atoms with Crippen LogP contribution in [0.2, 0.25) is 0 Å². The number of nitrogens with zero attached hydrogens (tertiary/aromatic N) is 1. The zero-order chi connectivity index (χ0) is 31.7. The quantitative estimate of drug-likeness (QED) is 0.191. The third-order valence-electron chi connectivity index (χ3n) is 7.92. The summed E-state index contributed by atoms with van der Waals surface area (Å²) in [6, 6.07) is 25.2. The summed E-state index contributed by atoms with van der Waals surface area (Å²) in [6.45, 7) is 5.41. The summed E-state index contributed by atoms with van der Waals surface area (Å²) < 4.78 is 5.43. The Morgan fingerprint density at radius 2 is 1.43 bits per heavy atom. The van der Waals surface area contributed by atoms with Gasteiger partial charge in [0.25, 0.3) is 0 Å². The number of carbonyl (C=O) groups is 2. The maximum absolute atomic E-state index is 12.8. The normalized spacial score (nSPS) is 17.2. The minimum atomic E-state index is -1.09. The van der Waals surface area contributed by atoms with E-state index in [1.54, 1.807) is 20.8 Å². The molecular weight excluding hydrogens is 558 g/mol. The molecule has 1 unspecified atom stereocenters. The highest BCUT2D eigenvalue weighted by molar-refractivity contribution is 5.68. The number of hydrogen-bond acceptors (Lipinski definition) is 6. The van der Waals surface area contributed by atoms with E-state index < -0.39 is 42.1 Å². The van der Waals surface area contributed by atoms with Crippen LogP contribution >= 0.6 is 0 Å². The van der Waals surface area contributed by atoms with E-state index in [1.165, 1.54) is 4.90 Å². The van der Waals surface area contributed by atoms with Gasteiger partial charge in [-0.3, -0.25) is 4.90 Å². The lowest BCUT2D eigenvalue weighted by Crippen LogP contribution is -2.54. The summed E-state index contributed by atoms with van der Waals surface area (Å²) in [5.74, 6) is 0.